The van der Waals surface area contributed by atoms with Crippen molar-refractivity contribution in [2.24, 2.45) is 0 Å². The third-order valence-corrected chi connectivity index (χ3v) is 5.94. The molecule has 0 bridgehead atoms. The molecule has 0 fully saturated rings. The quantitative estimate of drug-likeness (QED) is 0.594. The molecule has 1 aromatic carbocycles. The van der Waals surface area contributed by atoms with Crippen molar-refractivity contribution in [3.8, 4) is 0 Å². The molecule has 31 heavy (non-hydrogen) atoms. The number of urea groups is 1. The maximum Gasteiger partial charge on any atom is 0.318 e. The molecule has 0 unspecified atom stereocenters. The van der Waals surface area contributed by atoms with E-state index in [1.54, 1.807) is 33.3 Å². The lowest BCUT2D eigenvalue weighted by molar-refractivity contribution is -0.133. The Kier molecular flexibility index (Phi) is 8.62. The van der Waals surface area contributed by atoms with E-state index in [0.29, 0.717) is 13.1 Å². The maximum absolute atomic E-state index is 13.4. The third-order valence-electron chi connectivity index (χ3n) is 4.95. The maximum atomic E-state index is 13.4. The Morgan fingerprint density at radius 3 is 2.26 bits per heavy atom. The molecule has 0 aliphatic carbocycles. The highest BCUT2D eigenvalue weighted by molar-refractivity contribution is 7.11. The number of amides is 3. The fraction of sp³-hybridized carbons (Fsp3) is 0.500. The van der Waals surface area contributed by atoms with Crippen LogP contribution in [-0.4, -0.2) is 39.9 Å². The second-order valence-corrected chi connectivity index (χ2v) is 10.3. The lowest BCUT2D eigenvalue weighted by atomic mass is 10.1. The van der Waals surface area contributed by atoms with Gasteiger partial charge in [0.2, 0.25) is 5.91 Å². The predicted molar refractivity (Wildman–Crippen MR) is 124 cm³/mol. The van der Waals surface area contributed by atoms with E-state index in [4.69, 9.17) is 0 Å². The number of thiophene rings is 1. The Hall–Kier alpha value is -2.41. The molecular weight excluding hydrogens is 413 g/mol. The molecule has 0 saturated carbocycles. The van der Waals surface area contributed by atoms with Crippen LogP contribution in [0, 0.1) is 12.7 Å². The Labute approximate surface area is 189 Å². The molecule has 7 heteroatoms. The highest BCUT2D eigenvalue weighted by Gasteiger charge is 2.27. The van der Waals surface area contributed by atoms with Gasteiger partial charge < -0.3 is 15.1 Å². The minimum atomic E-state index is -0.395. The molecule has 1 heterocycles. The molecule has 2 aromatic rings. The molecule has 0 aliphatic rings. The number of carbonyl (C=O) groups is 2. The number of nitrogens with one attached hydrogen (secondary N) is 1. The second-order valence-electron chi connectivity index (χ2n) is 8.95. The molecule has 170 valence electrons. The van der Waals surface area contributed by atoms with E-state index in [9.17, 15) is 14.0 Å². The van der Waals surface area contributed by atoms with Gasteiger partial charge in [0.25, 0.3) is 0 Å². The highest BCUT2D eigenvalue weighted by atomic mass is 32.1. The zero-order chi connectivity index (χ0) is 23.2. The molecule has 1 atom stereocenters. The van der Waals surface area contributed by atoms with Gasteiger partial charge in [0.1, 0.15) is 12.4 Å². The highest BCUT2D eigenvalue weighted by Crippen LogP contribution is 2.19. The minimum Gasteiger partial charge on any atom is -0.333 e. The third kappa shape index (κ3) is 7.98. The number of aryl methyl sites for hydroxylation is 1. The van der Waals surface area contributed by atoms with E-state index < -0.39 is 5.54 Å². The first-order chi connectivity index (χ1) is 14.5. The van der Waals surface area contributed by atoms with Crippen LogP contribution in [-0.2, 0) is 17.9 Å². The minimum absolute atomic E-state index is 0.0114. The Balaban J connectivity index is 2.23. The smallest absolute Gasteiger partial charge is 0.318 e. The van der Waals surface area contributed by atoms with Gasteiger partial charge in [-0.2, -0.15) is 0 Å². The average Bonchev–Trinajstić information content (AvgIpc) is 3.09. The zero-order valence-electron chi connectivity index (χ0n) is 19.4. The van der Waals surface area contributed by atoms with Crippen molar-refractivity contribution < 1.29 is 14.0 Å². The van der Waals surface area contributed by atoms with Crippen molar-refractivity contribution in [1.29, 1.82) is 0 Å². The normalized spacial score (nSPS) is 12.4. The van der Waals surface area contributed by atoms with Crippen LogP contribution in [0.4, 0.5) is 9.18 Å². The average molecular weight is 448 g/mol. The van der Waals surface area contributed by atoms with Crippen molar-refractivity contribution >= 4 is 23.3 Å². The molecule has 0 aliphatic heterocycles. The number of benzene rings is 1. The van der Waals surface area contributed by atoms with Crippen LogP contribution in [0.2, 0.25) is 0 Å². The summed E-state index contributed by atoms with van der Waals surface area (Å²) >= 11 is 1.64. The van der Waals surface area contributed by atoms with E-state index in [2.05, 4.69) is 5.32 Å². The van der Waals surface area contributed by atoms with E-state index in [1.165, 1.54) is 17.0 Å². The van der Waals surface area contributed by atoms with Gasteiger partial charge >= 0.3 is 6.03 Å². The van der Waals surface area contributed by atoms with Gasteiger partial charge in [-0.1, -0.05) is 19.1 Å². The summed E-state index contributed by atoms with van der Waals surface area (Å²) in [7, 11) is 0. The number of rotatable bonds is 8. The lowest BCUT2D eigenvalue weighted by Crippen LogP contribution is -2.54. The summed E-state index contributed by atoms with van der Waals surface area (Å²) in [6.45, 7) is 12.5. The van der Waals surface area contributed by atoms with E-state index in [1.807, 2.05) is 53.7 Å². The number of halogens is 1. The van der Waals surface area contributed by atoms with E-state index in [0.717, 1.165) is 16.9 Å². The van der Waals surface area contributed by atoms with E-state index >= 15 is 0 Å². The molecule has 3 amide bonds. The van der Waals surface area contributed by atoms with Gasteiger partial charge in [0.05, 0.1) is 6.54 Å². The molecule has 1 aromatic heterocycles. The van der Waals surface area contributed by atoms with Gasteiger partial charge in [0, 0.05) is 27.9 Å². The molecule has 5 nitrogen and oxygen atoms in total. The summed E-state index contributed by atoms with van der Waals surface area (Å²) in [6, 6.07) is 9.89. The first-order valence-electron chi connectivity index (χ1n) is 10.6. The van der Waals surface area contributed by atoms with Gasteiger partial charge in [-0.25, -0.2) is 9.18 Å². The van der Waals surface area contributed by atoms with Crippen LogP contribution < -0.4 is 5.32 Å². The fourth-order valence-corrected chi connectivity index (χ4v) is 3.99. The standard InChI is InChI=1S/C24H34FN3O2S/c1-7-17(2)28(23(30)26-24(4,5)6)16-22(29)27(15-21-13-8-18(3)31-21)14-19-9-11-20(25)12-10-19/h8-13,17H,7,14-16H2,1-6H3,(H,26,30)/t17-/m1/s1. The van der Waals surface area contributed by atoms with Crippen molar-refractivity contribution in [3.05, 3.63) is 57.5 Å². The van der Waals surface area contributed by atoms with Gasteiger partial charge in [-0.3, -0.25) is 4.79 Å². The molecule has 0 saturated heterocycles. The fourth-order valence-electron chi connectivity index (χ4n) is 3.09. The van der Waals surface area contributed by atoms with Crippen LogP contribution in [0.25, 0.3) is 0 Å². The summed E-state index contributed by atoms with van der Waals surface area (Å²) in [4.78, 5) is 31.8. The van der Waals surface area contributed by atoms with Crippen LogP contribution in [0.5, 0.6) is 0 Å². The topological polar surface area (TPSA) is 52.7 Å². The van der Waals surface area contributed by atoms with Crippen molar-refractivity contribution in [2.75, 3.05) is 6.54 Å². The summed E-state index contributed by atoms with van der Waals surface area (Å²) in [5, 5.41) is 2.96. The van der Waals surface area contributed by atoms with Gasteiger partial charge in [-0.05, 0) is 70.9 Å². The summed E-state index contributed by atoms with van der Waals surface area (Å²) < 4.78 is 13.3. The summed E-state index contributed by atoms with van der Waals surface area (Å²) in [5.74, 6) is -0.447. The van der Waals surface area contributed by atoms with Gasteiger partial charge in [0.15, 0.2) is 0 Å². The van der Waals surface area contributed by atoms with Crippen LogP contribution in [0.1, 0.15) is 56.4 Å². The van der Waals surface area contributed by atoms with E-state index in [-0.39, 0.29) is 30.3 Å². The SMILES string of the molecule is CC[C@@H](C)N(CC(=O)N(Cc1ccc(F)cc1)Cc1ccc(C)s1)C(=O)NC(C)(C)C. The van der Waals surface area contributed by atoms with Gasteiger partial charge in [-0.15, -0.1) is 11.3 Å². The molecular formula is C24H34FN3O2S. The number of carbonyl (C=O) groups excluding carboxylic acids is 2. The second kappa shape index (κ2) is 10.8. The van der Waals surface area contributed by atoms with Crippen molar-refractivity contribution in [3.63, 3.8) is 0 Å². The monoisotopic (exact) mass is 447 g/mol. The Morgan fingerprint density at radius 1 is 1.10 bits per heavy atom. The lowest BCUT2D eigenvalue weighted by Gasteiger charge is -2.33. The predicted octanol–water partition coefficient (Wildman–Crippen LogP) is 5.33. The van der Waals surface area contributed by atoms with Crippen LogP contribution in [0.15, 0.2) is 36.4 Å². The Morgan fingerprint density at radius 2 is 1.74 bits per heavy atom. The zero-order valence-corrected chi connectivity index (χ0v) is 20.2. The Bertz CT molecular complexity index is 874. The first-order valence-corrected chi connectivity index (χ1v) is 11.5. The van der Waals surface area contributed by atoms with Crippen LogP contribution in [0.3, 0.4) is 0 Å². The molecule has 0 spiro atoms. The molecule has 1 N–H and O–H groups in total. The van der Waals surface area contributed by atoms with Crippen molar-refractivity contribution in [1.82, 2.24) is 15.1 Å². The summed E-state index contributed by atoms with van der Waals surface area (Å²) in [6.07, 6.45) is 0.743. The number of hydrogen-bond acceptors (Lipinski definition) is 3. The van der Waals surface area contributed by atoms with Crippen molar-refractivity contribution in [2.45, 2.75) is 72.6 Å². The molecule has 2 rings (SSSR count). The molecule has 0 radical (unpaired) electrons. The number of nitrogens with zero attached hydrogens (tertiary/aromatic N) is 2. The first kappa shape index (κ1) is 24.9. The largest absolute Gasteiger partial charge is 0.333 e. The summed E-state index contributed by atoms with van der Waals surface area (Å²) in [5.41, 5.74) is 0.450. The van der Waals surface area contributed by atoms with Crippen LogP contribution >= 0.6 is 11.3 Å². The number of hydrogen-bond donors (Lipinski definition) is 1.